The topological polar surface area (TPSA) is 59.6 Å². The molecule has 0 aromatic heterocycles. The number of rotatable bonds is 5. The van der Waals surface area contributed by atoms with Gasteiger partial charge in [0.1, 0.15) is 0 Å². The first-order valence-electron chi connectivity index (χ1n) is 5.55. The van der Waals surface area contributed by atoms with Crippen LogP contribution in [0.25, 0.3) is 0 Å². The fraction of sp³-hybridized carbons (Fsp3) is 0.417. The minimum Gasteiger partial charge on any atom is -0.379 e. The van der Waals surface area contributed by atoms with E-state index in [-0.39, 0.29) is 12.2 Å². The molecule has 0 radical (unpaired) electrons. The summed E-state index contributed by atoms with van der Waals surface area (Å²) in [4.78, 5) is 11.3. The van der Waals surface area contributed by atoms with Gasteiger partial charge in [-0.1, -0.05) is 11.6 Å². The molecule has 1 aliphatic heterocycles. The van der Waals surface area contributed by atoms with E-state index in [4.69, 9.17) is 21.1 Å². The molecule has 18 heavy (non-hydrogen) atoms. The zero-order chi connectivity index (χ0) is 13.1. The molecule has 0 unspecified atom stereocenters. The third-order valence-corrected chi connectivity index (χ3v) is 3.12. The highest BCUT2D eigenvalue weighted by Gasteiger charge is 2.19. The molecule has 98 valence electrons. The van der Waals surface area contributed by atoms with E-state index in [1.54, 1.807) is 20.3 Å². The van der Waals surface area contributed by atoms with Crippen molar-refractivity contribution in [1.82, 2.24) is 0 Å². The second-order valence-corrected chi connectivity index (χ2v) is 4.40. The standard InChI is InChI=1S/C12H15ClN2O3/c1-17-12(18-2)6-14-10-3-7-4-11(16)15-9(7)5-8(10)13/h3,5,12,14H,4,6H2,1-2H3,(H,15,16). The maximum absolute atomic E-state index is 11.3. The zero-order valence-corrected chi connectivity index (χ0v) is 11.0. The van der Waals surface area contributed by atoms with Gasteiger partial charge in [0.25, 0.3) is 0 Å². The van der Waals surface area contributed by atoms with Crippen molar-refractivity contribution < 1.29 is 14.3 Å². The van der Waals surface area contributed by atoms with Gasteiger partial charge in [0.15, 0.2) is 6.29 Å². The Morgan fingerprint density at radius 2 is 2.17 bits per heavy atom. The molecule has 5 nitrogen and oxygen atoms in total. The number of halogens is 1. The van der Waals surface area contributed by atoms with E-state index >= 15 is 0 Å². The first kappa shape index (κ1) is 13.1. The van der Waals surface area contributed by atoms with Gasteiger partial charge in [-0.15, -0.1) is 0 Å². The van der Waals surface area contributed by atoms with Crippen molar-refractivity contribution in [3.8, 4) is 0 Å². The summed E-state index contributed by atoms with van der Waals surface area (Å²) in [5.74, 6) is -0.00937. The van der Waals surface area contributed by atoms with Crippen LogP contribution in [0.3, 0.4) is 0 Å². The van der Waals surface area contributed by atoms with E-state index < -0.39 is 0 Å². The lowest BCUT2D eigenvalue weighted by atomic mass is 10.1. The van der Waals surface area contributed by atoms with Crippen LogP contribution in [0.2, 0.25) is 5.02 Å². The lowest BCUT2D eigenvalue weighted by molar-refractivity contribution is -0.115. The molecule has 0 spiro atoms. The monoisotopic (exact) mass is 270 g/mol. The smallest absolute Gasteiger partial charge is 0.228 e. The highest BCUT2D eigenvalue weighted by Crippen LogP contribution is 2.32. The van der Waals surface area contributed by atoms with Crippen molar-refractivity contribution in [2.75, 3.05) is 31.4 Å². The van der Waals surface area contributed by atoms with E-state index in [1.165, 1.54) is 0 Å². The van der Waals surface area contributed by atoms with Gasteiger partial charge in [-0.3, -0.25) is 4.79 Å². The minimum absolute atomic E-state index is 0.00937. The first-order valence-corrected chi connectivity index (χ1v) is 5.93. The lowest BCUT2D eigenvalue weighted by Crippen LogP contribution is -2.23. The highest BCUT2D eigenvalue weighted by molar-refractivity contribution is 6.33. The number of carbonyl (C=O) groups excluding carboxylic acids is 1. The number of benzene rings is 1. The van der Waals surface area contributed by atoms with Crippen molar-refractivity contribution in [2.45, 2.75) is 12.7 Å². The molecular formula is C12H15ClN2O3. The molecular weight excluding hydrogens is 256 g/mol. The Kier molecular flexibility index (Phi) is 4.06. The maximum atomic E-state index is 11.3. The Labute approximate surface area is 110 Å². The van der Waals surface area contributed by atoms with Crippen molar-refractivity contribution in [3.05, 3.63) is 22.7 Å². The number of fused-ring (bicyclic) bond motifs is 1. The fourth-order valence-electron chi connectivity index (χ4n) is 1.84. The summed E-state index contributed by atoms with van der Waals surface area (Å²) < 4.78 is 10.2. The molecule has 0 fully saturated rings. The van der Waals surface area contributed by atoms with Crippen molar-refractivity contribution >= 4 is 28.9 Å². The van der Waals surface area contributed by atoms with Gasteiger partial charge >= 0.3 is 0 Å². The Bertz CT molecular complexity index is 461. The summed E-state index contributed by atoms with van der Waals surface area (Å²) in [7, 11) is 3.14. The number of ether oxygens (including phenoxy) is 2. The second-order valence-electron chi connectivity index (χ2n) is 4.00. The van der Waals surface area contributed by atoms with Crippen molar-refractivity contribution in [2.24, 2.45) is 0 Å². The van der Waals surface area contributed by atoms with Crippen LogP contribution in [0.15, 0.2) is 12.1 Å². The Balaban J connectivity index is 2.10. The van der Waals surface area contributed by atoms with Crippen LogP contribution in [-0.2, 0) is 20.7 Å². The van der Waals surface area contributed by atoms with Gasteiger partial charge in [0.2, 0.25) is 5.91 Å². The number of hydrogen-bond acceptors (Lipinski definition) is 4. The lowest BCUT2D eigenvalue weighted by Gasteiger charge is -2.16. The van der Waals surface area contributed by atoms with Crippen LogP contribution >= 0.6 is 11.6 Å². The van der Waals surface area contributed by atoms with Crippen LogP contribution in [0.5, 0.6) is 0 Å². The maximum Gasteiger partial charge on any atom is 0.228 e. The van der Waals surface area contributed by atoms with Gasteiger partial charge in [-0.2, -0.15) is 0 Å². The largest absolute Gasteiger partial charge is 0.379 e. The third-order valence-electron chi connectivity index (χ3n) is 2.80. The van der Waals surface area contributed by atoms with E-state index in [1.807, 2.05) is 6.07 Å². The van der Waals surface area contributed by atoms with Crippen LogP contribution in [0.4, 0.5) is 11.4 Å². The molecule has 0 bridgehead atoms. The Morgan fingerprint density at radius 1 is 1.44 bits per heavy atom. The van der Waals surface area contributed by atoms with Gasteiger partial charge in [-0.05, 0) is 17.7 Å². The van der Waals surface area contributed by atoms with E-state index in [0.717, 1.165) is 16.9 Å². The second kappa shape index (κ2) is 5.56. The normalized spacial score (nSPS) is 13.7. The number of methoxy groups -OCH3 is 2. The predicted molar refractivity (Wildman–Crippen MR) is 70.1 cm³/mol. The fourth-order valence-corrected chi connectivity index (χ4v) is 2.07. The van der Waals surface area contributed by atoms with E-state index in [9.17, 15) is 4.79 Å². The molecule has 0 atom stereocenters. The summed E-state index contributed by atoms with van der Waals surface area (Å²) in [6, 6.07) is 3.62. The Morgan fingerprint density at radius 3 is 2.83 bits per heavy atom. The zero-order valence-electron chi connectivity index (χ0n) is 10.2. The summed E-state index contributed by atoms with van der Waals surface area (Å²) >= 11 is 6.13. The highest BCUT2D eigenvalue weighted by atomic mass is 35.5. The molecule has 0 saturated carbocycles. The van der Waals surface area contributed by atoms with Crippen LogP contribution in [0, 0.1) is 0 Å². The molecule has 1 amide bonds. The van der Waals surface area contributed by atoms with Gasteiger partial charge in [-0.25, -0.2) is 0 Å². The molecule has 2 N–H and O–H groups in total. The number of anilines is 2. The molecule has 1 aliphatic rings. The van der Waals surface area contributed by atoms with E-state index in [0.29, 0.717) is 18.0 Å². The van der Waals surface area contributed by atoms with Crippen LogP contribution < -0.4 is 10.6 Å². The number of amides is 1. The van der Waals surface area contributed by atoms with Gasteiger partial charge in [0, 0.05) is 19.9 Å². The Hall–Kier alpha value is -1.30. The summed E-state index contributed by atoms with van der Waals surface area (Å²) in [6.45, 7) is 0.479. The molecule has 1 aromatic rings. The SMILES string of the molecule is COC(CNc1cc2c(cc1Cl)NC(=O)C2)OC. The van der Waals surface area contributed by atoms with Crippen molar-refractivity contribution in [1.29, 1.82) is 0 Å². The number of carbonyl (C=O) groups is 1. The third kappa shape index (κ3) is 2.75. The molecule has 2 rings (SSSR count). The molecule has 0 aliphatic carbocycles. The summed E-state index contributed by atoms with van der Waals surface area (Å²) in [6.07, 6.45) is 0.0492. The first-order chi connectivity index (χ1) is 8.63. The molecule has 1 aromatic carbocycles. The van der Waals surface area contributed by atoms with Crippen LogP contribution in [0.1, 0.15) is 5.56 Å². The average Bonchev–Trinajstić information content (AvgIpc) is 2.69. The molecule has 0 saturated heterocycles. The van der Waals surface area contributed by atoms with E-state index in [2.05, 4.69) is 10.6 Å². The quantitative estimate of drug-likeness (QED) is 0.802. The summed E-state index contributed by atoms with van der Waals surface area (Å²) in [5.41, 5.74) is 2.50. The summed E-state index contributed by atoms with van der Waals surface area (Å²) in [5, 5.41) is 6.45. The molecule has 6 heteroatoms. The average molecular weight is 271 g/mol. The van der Waals surface area contributed by atoms with Crippen LogP contribution in [-0.4, -0.2) is 33.0 Å². The van der Waals surface area contributed by atoms with Gasteiger partial charge < -0.3 is 20.1 Å². The number of nitrogens with one attached hydrogen (secondary N) is 2. The minimum atomic E-state index is -0.339. The van der Waals surface area contributed by atoms with Gasteiger partial charge in [0.05, 0.1) is 23.7 Å². The number of hydrogen-bond donors (Lipinski definition) is 2. The van der Waals surface area contributed by atoms with Crippen molar-refractivity contribution in [3.63, 3.8) is 0 Å². The molecule has 1 heterocycles. The predicted octanol–water partition coefficient (Wildman–Crippen LogP) is 1.87.